The standard InChI is InChI=1S/C24H20N4O4S/c1-3-15-7-12-21-19(13-15)26-23(32-21)16-8-10-17(11-9-16)25-24(33)27-22(29)18-5-4-6-20(14(18)2)28(30)31/h4-13H,3H2,1-2H3,(H2,25,27,29,33). The van der Waals surface area contributed by atoms with Gasteiger partial charge in [0, 0.05) is 28.4 Å². The number of amides is 1. The van der Waals surface area contributed by atoms with Crippen LogP contribution in [0.5, 0.6) is 0 Å². The molecule has 1 aromatic heterocycles. The first-order valence-corrected chi connectivity index (χ1v) is 10.6. The summed E-state index contributed by atoms with van der Waals surface area (Å²) in [6.07, 6.45) is 0.926. The smallest absolute Gasteiger partial charge is 0.273 e. The van der Waals surface area contributed by atoms with Crippen molar-refractivity contribution in [2.45, 2.75) is 20.3 Å². The highest BCUT2D eigenvalue weighted by atomic mass is 32.1. The van der Waals surface area contributed by atoms with Crippen LogP contribution >= 0.6 is 12.2 Å². The van der Waals surface area contributed by atoms with Gasteiger partial charge in [0.25, 0.3) is 11.6 Å². The van der Waals surface area contributed by atoms with E-state index in [1.165, 1.54) is 30.7 Å². The number of rotatable bonds is 5. The predicted molar refractivity (Wildman–Crippen MR) is 130 cm³/mol. The summed E-state index contributed by atoms with van der Waals surface area (Å²) in [6, 6.07) is 17.5. The van der Waals surface area contributed by atoms with Gasteiger partial charge in [-0.25, -0.2) is 4.98 Å². The SMILES string of the molecule is CCc1ccc2oc(-c3ccc(NC(=S)NC(=O)c4cccc([N+](=O)[O-])c4C)cc3)nc2c1. The molecular weight excluding hydrogens is 440 g/mol. The molecular formula is C24H20N4O4S. The van der Waals surface area contributed by atoms with E-state index in [0.29, 0.717) is 11.6 Å². The van der Waals surface area contributed by atoms with Crippen LogP contribution < -0.4 is 10.6 Å². The Morgan fingerprint density at radius 2 is 1.91 bits per heavy atom. The highest BCUT2D eigenvalue weighted by Gasteiger charge is 2.18. The fourth-order valence-electron chi connectivity index (χ4n) is 3.41. The van der Waals surface area contributed by atoms with Crippen molar-refractivity contribution in [2.75, 3.05) is 5.32 Å². The van der Waals surface area contributed by atoms with Crippen LogP contribution in [-0.2, 0) is 6.42 Å². The van der Waals surface area contributed by atoms with Gasteiger partial charge in [-0.1, -0.05) is 19.1 Å². The minimum Gasteiger partial charge on any atom is -0.436 e. The van der Waals surface area contributed by atoms with Gasteiger partial charge in [0.05, 0.1) is 4.92 Å². The summed E-state index contributed by atoms with van der Waals surface area (Å²) in [5.41, 5.74) is 4.53. The molecule has 0 radical (unpaired) electrons. The second kappa shape index (κ2) is 9.17. The highest BCUT2D eigenvalue weighted by Crippen LogP contribution is 2.26. The van der Waals surface area contributed by atoms with Crippen LogP contribution in [0.1, 0.15) is 28.4 Å². The number of nitro groups is 1. The van der Waals surface area contributed by atoms with Gasteiger partial charge >= 0.3 is 0 Å². The topological polar surface area (TPSA) is 110 Å². The molecule has 9 heteroatoms. The lowest BCUT2D eigenvalue weighted by Crippen LogP contribution is -2.34. The van der Waals surface area contributed by atoms with Crippen molar-refractivity contribution in [3.05, 3.63) is 87.5 Å². The molecule has 0 spiro atoms. The van der Waals surface area contributed by atoms with Gasteiger partial charge in [-0.15, -0.1) is 0 Å². The molecule has 2 N–H and O–H groups in total. The predicted octanol–water partition coefficient (Wildman–Crippen LogP) is 5.40. The van der Waals surface area contributed by atoms with E-state index < -0.39 is 10.8 Å². The summed E-state index contributed by atoms with van der Waals surface area (Å²) in [7, 11) is 0. The van der Waals surface area contributed by atoms with Gasteiger partial charge in [0.2, 0.25) is 5.89 Å². The maximum Gasteiger partial charge on any atom is 0.273 e. The van der Waals surface area contributed by atoms with Crippen molar-refractivity contribution >= 4 is 45.7 Å². The largest absolute Gasteiger partial charge is 0.436 e. The van der Waals surface area contributed by atoms with Crippen LogP contribution in [0.4, 0.5) is 11.4 Å². The zero-order valence-corrected chi connectivity index (χ0v) is 18.7. The number of fused-ring (bicyclic) bond motifs is 1. The van der Waals surface area contributed by atoms with Crippen LogP contribution in [0, 0.1) is 17.0 Å². The maximum atomic E-state index is 12.5. The number of oxazole rings is 1. The van der Waals surface area contributed by atoms with Gasteiger partial charge in [-0.3, -0.25) is 20.2 Å². The van der Waals surface area contributed by atoms with E-state index >= 15 is 0 Å². The third-order valence-corrected chi connectivity index (χ3v) is 5.43. The first kappa shape index (κ1) is 22.1. The van der Waals surface area contributed by atoms with Crippen LogP contribution in [0.2, 0.25) is 0 Å². The van der Waals surface area contributed by atoms with Gasteiger partial charge in [-0.05, 0) is 73.6 Å². The molecule has 33 heavy (non-hydrogen) atoms. The van der Waals surface area contributed by atoms with Crippen molar-refractivity contribution < 1.29 is 14.1 Å². The number of anilines is 1. The second-order valence-corrected chi connectivity index (χ2v) is 7.78. The number of nitrogens with one attached hydrogen (secondary N) is 2. The van der Waals surface area contributed by atoms with Gasteiger partial charge in [-0.2, -0.15) is 0 Å². The van der Waals surface area contributed by atoms with E-state index in [0.717, 1.165) is 23.1 Å². The van der Waals surface area contributed by atoms with E-state index in [4.69, 9.17) is 16.6 Å². The summed E-state index contributed by atoms with van der Waals surface area (Å²) in [6.45, 7) is 3.61. The molecule has 0 unspecified atom stereocenters. The van der Waals surface area contributed by atoms with Crippen LogP contribution in [0.25, 0.3) is 22.6 Å². The van der Waals surface area contributed by atoms with Crippen molar-refractivity contribution in [3.63, 3.8) is 0 Å². The van der Waals surface area contributed by atoms with Crippen LogP contribution in [0.15, 0.2) is 65.1 Å². The number of aryl methyl sites for hydroxylation is 1. The Kier molecular flexibility index (Phi) is 6.14. The first-order chi connectivity index (χ1) is 15.9. The molecule has 1 heterocycles. The maximum absolute atomic E-state index is 12.5. The number of carbonyl (C=O) groups is 1. The summed E-state index contributed by atoms with van der Waals surface area (Å²) < 4.78 is 5.85. The molecule has 0 aliphatic rings. The van der Waals surface area contributed by atoms with Gasteiger partial charge < -0.3 is 9.73 Å². The Bertz CT molecular complexity index is 1380. The van der Waals surface area contributed by atoms with E-state index in [2.05, 4.69) is 22.5 Å². The number of hydrogen-bond acceptors (Lipinski definition) is 6. The average Bonchev–Trinajstić information content (AvgIpc) is 3.22. The van der Waals surface area contributed by atoms with E-state index in [1.54, 1.807) is 12.1 Å². The molecule has 0 aliphatic heterocycles. The number of nitro benzene ring substituents is 1. The lowest BCUT2D eigenvalue weighted by Gasteiger charge is -2.11. The van der Waals surface area contributed by atoms with Crippen molar-refractivity contribution in [1.82, 2.24) is 10.3 Å². The number of benzene rings is 3. The zero-order valence-electron chi connectivity index (χ0n) is 17.9. The molecule has 4 aromatic rings. The first-order valence-electron chi connectivity index (χ1n) is 10.2. The minimum atomic E-state index is -0.525. The molecule has 4 rings (SSSR count). The third-order valence-electron chi connectivity index (χ3n) is 5.22. The van der Waals surface area contributed by atoms with E-state index in [9.17, 15) is 14.9 Å². The Morgan fingerprint density at radius 3 is 2.61 bits per heavy atom. The van der Waals surface area contributed by atoms with Gasteiger partial charge in [0.15, 0.2) is 10.7 Å². The third kappa shape index (κ3) is 4.73. The van der Waals surface area contributed by atoms with Crippen molar-refractivity contribution in [1.29, 1.82) is 0 Å². The number of carbonyl (C=O) groups excluding carboxylic acids is 1. The van der Waals surface area contributed by atoms with Crippen LogP contribution in [-0.4, -0.2) is 20.9 Å². The Morgan fingerprint density at radius 1 is 1.15 bits per heavy atom. The zero-order chi connectivity index (χ0) is 23.5. The van der Waals surface area contributed by atoms with E-state index in [1.807, 2.05) is 30.3 Å². The molecule has 0 saturated heterocycles. The quantitative estimate of drug-likeness (QED) is 0.233. The minimum absolute atomic E-state index is 0.0765. The second-order valence-electron chi connectivity index (χ2n) is 7.37. The summed E-state index contributed by atoms with van der Waals surface area (Å²) >= 11 is 5.23. The molecule has 3 aromatic carbocycles. The molecule has 166 valence electrons. The molecule has 1 amide bonds. The van der Waals surface area contributed by atoms with Crippen LogP contribution in [0.3, 0.4) is 0 Å². The fourth-order valence-corrected chi connectivity index (χ4v) is 3.62. The number of thiocarbonyl (C=S) groups is 1. The van der Waals surface area contributed by atoms with Crippen molar-refractivity contribution in [2.24, 2.45) is 0 Å². The summed E-state index contributed by atoms with van der Waals surface area (Å²) in [4.78, 5) is 27.7. The van der Waals surface area contributed by atoms with E-state index in [-0.39, 0.29) is 21.9 Å². The Labute approximate surface area is 194 Å². The number of aromatic nitrogens is 1. The molecule has 0 aliphatic carbocycles. The van der Waals surface area contributed by atoms with Crippen molar-refractivity contribution in [3.8, 4) is 11.5 Å². The highest BCUT2D eigenvalue weighted by molar-refractivity contribution is 7.80. The Hall–Kier alpha value is -4.11. The lowest BCUT2D eigenvalue weighted by atomic mass is 10.1. The number of nitrogens with zero attached hydrogens (tertiary/aromatic N) is 2. The molecule has 0 fully saturated rings. The normalized spacial score (nSPS) is 10.7. The monoisotopic (exact) mass is 460 g/mol. The molecule has 0 saturated carbocycles. The Balaban J connectivity index is 1.44. The molecule has 8 nitrogen and oxygen atoms in total. The fraction of sp³-hybridized carbons (Fsp3) is 0.125. The summed E-state index contributed by atoms with van der Waals surface area (Å²) in [5.74, 6) is -0.00919. The molecule has 0 bridgehead atoms. The lowest BCUT2D eigenvalue weighted by molar-refractivity contribution is -0.385. The molecule has 0 atom stereocenters. The summed E-state index contributed by atoms with van der Waals surface area (Å²) in [5, 5.41) is 16.7. The average molecular weight is 461 g/mol. The van der Waals surface area contributed by atoms with Gasteiger partial charge in [0.1, 0.15) is 5.52 Å². The number of hydrogen-bond donors (Lipinski definition) is 2.